The Morgan fingerprint density at radius 3 is 2.94 bits per heavy atom. The Kier molecular flexibility index (Phi) is 2.00. The van der Waals surface area contributed by atoms with Crippen LogP contribution in [0.3, 0.4) is 0 Å². The molecule has 2 aromatic rings. The first-order valence-corrected chi connectivity index (χ1v) is 5.34. The summed E-state index contributed by atoms with van der Waals surface area (Å²) in [5, 5.41) is 0. The summed E-state index contributed by atoms with van der Waals surface area (Å²) in [5.41, 5.74) is 5.82. The maximum atomic E-state index is 4.45. The predicted molar refractivity (Wildman–Crippen MR) is 68.0 cm³/mol. The molecular formula is C14H12N2. The maximum absolute atomic E-state index is 4.45. The van der Waals surface area contributed by atoms with E-state index in [2.05, 4.69) is 47.2 Å². The molecule has 0 saturated heterocycles. The number of hydrogen-bond acceptors (Lipinski definition) is 1. The number of benzene rings is 1. The number of H-pyrrole nitrogens is 1. The van der Waals surface area contributed by atoms with Gasteiger partial charge in [-0.15, -0.1) is 0 Å². The number of hydrogen-bond donors (Lipinski definition) is 1. The quantitative estimate of drug-likeness (QED) is 0.742. The first-order chi connectivity index (χ1) is 7.84. The van der Waals surface area contributed by atoms with Gasteiger partial charge in [0.05, 0.1) is 5.69 Å². The van der Waals surface area contributed by atoms with Gasteiger partial charge in [0.25, 0.3) is 0 Å². The minimum atomic E-state index is 1.10. The van der Waals surface area contributed by atoms with Crippen LogP contribution >= 0.6 is 0 Å². The van der Waals surface area contributed by atoms with Gasteiger partial charge in [0.15, 0.2) is 0 Å². The van der Waals surface area contributed by atoms with Crippen LogP contribution in [0.5, 0.6) is 0 Å². The van der Waals surface area contributed by atoms with Crippen LogP contribution in [0.4, 0.5) is 5.69 Å². The molecule has 0 radical (unpaired) electrons. The molecule has 0 amide bonds. The van der Waals surface area contributed by atoms with Gasteiger partial charge in [0, 0.05) is 29.2 Å². The molecule has 2 heteroatoms. The van der Waals surface area contributed by atoms with Crippen molar-refractivity contribution in [3.63, 3.8) is 0 Å². The number of nitrogens with zero attached hydrogens (tertiary/aromatic N) is 1. The van der Waals surface area contributed by atoms with Crippen LogP contribution in [0.15, 0.2) is 41.5 Å². The van der Waals surface area contributed by atoms with Crippen LogP contribution in [-0.2, 0) is 0 Å². The Morgan fingerprint density at radius 1 is 1.19 bits per heavy atom. The molecule has 1 aromatic carbocycles. The van der Waals surface area contributed by atoms with Gasteiger partial charge in [-0.05, 0) is 30.7 Å². The van der Waals surface area contributed by atoms with Crippen molar-refractivity contribution in [3.05, 3.63) is 53.3 Å². The van der Waals surface area contributed by atoms with Crippen molar-refractivity contribution >= 4 is 23.6 Å². The van der Waals surface area contributed by atoms with Crippen molar-refractivity contribution in [1.29, 1.82) is 0 Å². The molecule has 0 unspecified atom stereocenters. The van der Waals surface area contributed by atoms with E-state index in [1.165, 1.54) is 16.7 Å². The average Bonchev–Trinajstić information content (AvgIpc) is 2.90. The third kappa shape index (κ3) is 1.39. The van der Waals surface area contributed by atoms with Crippen molar-refractivity contribution in [3.8, 4) is 0 Å². The number of fused-ring (bicyclic) bond motifs is 1. The highest BCUT2D eigenvalue weighted by Gasteiger charge is 2.13. The number of aryl methyl sites for hydroxylation is 1. The summed E-state index contributed by atoms with van der Waals surface area (Å²) >= 11 is 0. The molecule has 16 heavy (non-hydrogen) atoms. The van der Waals surface area contributed by atoms with Crippen LogP contribution in [0.2, 0.25) is 0 Å². The third-order valence-corrected chi connectivity index (χ3v) is 2.81. The van der Waals surface area contributed by atoms with Gasteiger partial charge < -0.3 is 4.98 Å². The van der Waals surface area contributed by atoms with Crippen molar-refractivity contribution in [1.82, 2.24) is 4.98 Å². The highest BCUT2D eigenvalue weighted by Crippen LogP contribution is 2.34. The Hall–Kier alpha value is -2.09. The highest BCUT2D eigenvalue weighted by atomic mass is 14.8. The van der Waals surface area contributed by atoms with E-state index in [9.17, 15) is 0 Å². The molecule has 0 spiro atoms. The largest absolute Gasteiger partial charge is 0.362 e. The molecule has 0 bridgehead atoms. The summed E-state index contributed by atoms with van der Waals surface area (Å²) < 4.78 is 0. The second-order valence-electron chi connectivity index (χ2n) is 3.95. The summed E-state index contributed by atoms with van der Waals surface area (Å²) in [7, 11) is 0. The Morgan fingerprint density at radius 2 is 2.12 bits per heavy atom. The molecule has 1 aliphatic rings. The fourth-order valence-corrected chi connectivity index (χ4v) is 1.98. The molecule has 0 atom stereocenters. The standard InChI is InChI=1S/C14H12N2/c1-10-4-2-6-13-11(9-16-14(10)13)8-12-5-3-7-15-12/h2-9,15H,1H3. The number of aromatic amines is 1. The lowest BCUT2D eigenvalue weighted by molar-refractivity contribution is 1.38. The summed E-state index contributed by atoms with van der Waals surface area (Å²) in [6, 6.07) is 10.3. The lowest BCUT2D eigenvalue weighted by Gasteiger charge is -2.01. The van der Waals surface area contributed by atoms with Crippen molar-refractivity contribution in [2.75, 3.05) is 0 Å². The third-order valence-electron chi connectivity index (χ3n) is 2.81. The lowest BCUT2D eigenvalue weighted by Crippen LogP contribution is -1.81. The zero-order valence-electron chi connectivity index (χ0n) is 9.07. The van der Waals surface area contributed by atoms with Crippen LogP contribution < -0.4 is 0 Å². The number of aliphatic imine (C=N–C) groups is 1. The van der Waals surface area contributed by atoms with Gasteiger partial charge in [-0.2, -0.15) is 0 Å². The SMILES string of the molecule is Cc1cccc2c1N=CC2=Cc1ccc[nH]1. The Labute approximate surface area is 94.4 Å². The predicted octanol–water partition coefficient (Wildman–Crippen LogP) is 3.58. The number of aromatic nitrogens is 1. The molecule has 78 valence electrons. The molecule has 0 fully saturated rings. The van der Waals surface area contributed by atoms with Crippen molar-refractivity contribution < 1.29 is 0 Å². The van der Waals surface area contributed by atoms with Crippen LogP contribution in [0.25, 0.3) is 11.6 Å². The lowest BCUT2D eigenvalue weighted by atomic mass is 10.0. The minimum Gasteiger partial charge on any atom is -0.362 e. The fourth-order valence-electron chi connectivity index (χ4n) is 1.98. The summed E-state index contributed by atoms with van der Waals surface area (Å²) in [6.07, 6.45) is 5.98. The van der Waals surface area contributed by atoms with Gasteiger partial charge in [0.1, 0.15) is 0 Å². The van der Waals surface area contributed by atoms with Crippen molar-refractivity contribution in [2.24, 2.45) is 4.99 Å². The molecule has 1 N–H and O–H groups in total. The van der Waals surface area contributed by atoms with Gasteiger partial charge in [-0.25, -0.2) is 0 Å². The van der Waals surface area contributed by atoms with Gasteiger partial charge >= 0.3 is 0 Å². The van der Waals surface area contributed by atoms with E-state index in [0.29, 0.717) is 0 Å². The average molecular weight is 208 g/mol. The monoisotopic (exact) mass is 208 g/mol. The van der Waals surface area contributed by atoms with Crippen LogP contribution in [0, 0.1) is 6.92 Å². The van der Waals surface area contributed by atoms with E-state index in [1.807, 2.05) is 18.5 Å². The van der Waals surface area contributed by atoms with E-state index < -0.39 is 0 Å². The smallest absolute Gasteiger partial charge is 0.0737 e. The second-order valence-corrected chi connectivity index (χ2v) is 3.95. The zero-order valence-corrected chi connectivity index (χ0v) is 9.07. The summed E-state index contributed by atoms with van der Waals surface area (Å²) in [6.45, 7) is 2.09. The van der Waals surface area contributed by atoms with E-state index in [-0.39, 0.29) is 0 Å². The first-order valence-electron chi connectivity index (χ1n) is 5.34. The Bertz CT molecular complexity index is 575. The van der Waals surface area contributed by atoms with E-state index in [4.69, 9.17) is 0 Å². The fraction of sp³-hybridized carbons (Fsp3) is 0.0714. The van der Waals surface area contributed by atoms with Gasteiger partial charge in [-0.3, -0.25) is 4.99 Å². The van der Waals surface area contributed by atoms with Crippen LogP contribution in [-0.4, -0.2) is 11.2 Å². The van der Waals surface area contributed by atoms with E-state index >= 15 is 0 Å². The zero-order chi connectivity index (χ0) is 11.0. The molecule has 2 heterocycles. The molecule has 0 saturated carbocycles. The van der Waals surface area contributed by atoms with Gasteiger partial charge in [0.2, 0.25) is 0 Å². The maximum Gasteiger partial charge on any atom is 0.0737 e. The van der Waals surface area contributed by atoms with E-state index in [0.717, 1.165) is 11.4 Å². The molecule has 2 nitrogen and oxygen atoms in total. The summed E-state index contributed by atoms with van der Waals surface area (Å²) in [5.74, 6) is 0. The highest BCUT2D eigenvalue weighted by molar-refractivity contribution is 6.21. The van der Waals surface area contributed by atoms with Crippen molar-refractivity contribution in [2.45, 2.75) is 6.92 Å². The molecule has 1 aliphatic heterocycles. The number of allylic oxidation sites excluding steroid dienone is 1. The molecular weight excluding hydrogens is 196 g/mol. The number of para-hydroxylation sites is 1. The molecule has 1 aromatic heterocycles. The molecule has 3 rings (SSSR count). The topological polar surface area (TPSA) is 28.1 Å². The second kappa shape index (κ2) is 3.49. The minimum absolute atomic E-state index is 1.10. The van der Waals surface area contributed by atoms with E-state index in [1.54, 1.807) is 0 Å². The van der Waals surface area contributed by atoms with Crippen LogP contribution in [0.1, 0.15) is 16.8 Å². The Balaban J connectivity index is 2.11. The number of rotatable bonds is 1. The summed E-state index contributed by atoms with van der Waals surface area (Å²) in [4.78, 5) is 7.62. The van der Waals surface area contributed by atoms with Gasteiger partial charge in [-0.1, -0.05) is 18.2 Å². The molecule has 0 aliphatic carbocycles. The first kappa shape index (κ1) is 9.16. The normalized spacial score (nSPS) is 15.7. The number of nitrogens with one attached hydrogen (secondary N) is 1.